The van der Waals surface area contributed by atoms with Crippen LogP contribution < -0.4 is 24.9 Å². The second-order valence-corrected chi connectivity index (χ2v) is 13.9. The number of morpholine rings is 1. The number of nitrogens with zero attached hydrogens (tertiary/aromatic N) is 7. The van der Waals surface area contributed by atoms with Gasteiger partial charge in [-0.05, 0) is 69.5 Å². The molecule has 0 unspecified atom stereocenters. The average Bonchev–Trinajstić information content (AvgIpc) is 3.07. The third kappa shape index (κ3) is 8.10. The lowest BCUT2D eigenvalue weighted by Crippen LogP contribution is -2.49. The fourth-order valence-electron chi connectivity index (χ4n) is 6.46. The molecular weight excluding hydrogens is 611 g/mol. The number of amides is 1. The van der Waals surface area contributed by atoms with Crippen molar-refractivity contribution in [3.63, 3.8) is 0 Å². The lowest BCUT2D eigenvalue weighted by Gasteiger charge is -2.39. The first kappa shape index (κ1) is 33.7. The quantitative estimate of drug-likeness (QED) is 0.371. The normalized spacial score (nSPS) is 17.9. The zero-order chi connectivity index (χ0) is 33.8. The van der Waals surface area contributed by atoms with Crippen LogP contribution in [0.2, 0.25) is 0 Å². The molecule has 1 amide bonds. The maximum atomic E-state index is 16.3. The molecule has 258 valence electrons. The number of benzene rings is 2. The van der Waals surface area contributed by atoms with Crippen LogP contribution in [-0.4, -0.2) is 105 Å². The molecule has 0 atom stereocenters. The van der Waals surface area contributed by atoms with Crippen LogP contribution in [0.3, 0.4) is 0 Å². The third-order valence-corrected chi connectivity index (χ3v) is 9.27. The fourth-order valence-corrected chi connectivity index (χ4v) is 6.46. The van der Waals surface area contributed by atoms with Gasteiger partial charge in [0.05, 0.1) is 13.2 Å². The molecule has 48 heavy (non-hydrogen) atoms. The number of hydrogen-bond acceptors (Lipinski definition) is 10. The van der Waals surface area contributed by atoms with E-state index >= 15 is 4.39 Å². The van der Waals surface area contributed by atoms with Crippen LogP contribution in [0.4, 0.5) is 38.1 Å². The Kier molecular flexibility index (Phi) is 10.2. The van der Waals surface area contributed by atoms with Crippen molar-refractivity contribution < 1.29 is 18.7 Å². The molecule has 6 rings (SSSR count). The smallest absolute Gasteiger partial charge is 0.412 e. The summed E-state index contributed by atoms with van der Waals surface area (Å²) in [6, 6.07) is 14.3. The molecule has 3 fully saturated rings. The second kappa shape index (κ2) is 14.5. The highest BCUT2D eigenvalue weighted by molar-refractivity contribution is 5.84. The fraction of sp³-hybridized carbons (Fsp3) is 0.528. The standard InChI is InChI=1S/C36H49FN8O3/c1-26-7-6-8-30(27(26)2)42-17-19-43(20-18-42)32-31(37)33(44-21-23-47-24-22-44)40-34(39-32)45-15-13-41(14-16-45)25-28-9-11-29(12-10-28)38-35(46)48-36(3,4)5/h6-12H,13-25H2,1-5H3,(H,38,46). The summed E-state index contributed by atoms with van der Waals surface area (Å²) < 4.78 is 27.2. The van der Waals surface area contributed by atoms with Gasteiger partial charge in [0, 0.05) is 83.4 Å². The van der Waals surface area contributed by atoms with Gasteiger partial charge in [-0.1, -0.05) is 24.3 Å². The maximum absolute atomic E-state index is 16.3. The van der Waals surface area contributed by atoms with Crippen molar-refractivity contribution in [2.24, 2.45) is 0 Å². The first-order valence-corrected chi connectivity index (χ1v) is 17.1. The Labute approximate surface area is 283 Å². The lowest BCUT2D eigenvalue weighted by atomic mass is 10.1. The molecule has 3 aromatic rings. The summed E-state index contributed by atoms with van der Waals surface area (Å²) in [6.07, 6.45) is -0.464. The number of carbonyl (C=O) groups excluding carboxylic acids is 1. The van der Waals surface area contributed by atoms with Gasteiger partial charge < -0.3 is 29.1 Å². The molecule has 0 radical (unpaired) electrons. The summed E-state index contributed by atoms with van der Waals surface area (Å²) in [5.74, 6) is 1.01. The summed E-state index contributed by atoms with van der Waals surface area (Å²) in [6.45, 7) is 19.1. The molecule has 12 heteroatoms. The van der Waals surface area contributed by atoms with Crippen molar-refractivity contribution in [2.75, 3.05) is 104 Å². The molecule has 0 saturated carbocycles. The first-order valence-electron chi connectivity index (χ1n) is 17.1. The minimum atomic E-state index is -0.548. The highest BCUT2D eigenvalue weighted by Gasteiger charge is 2.30. The van der Waals surface area contributed by atoms with E-state index in [4.69, 9.17) is 19.4 Å². The van der Waals surface area contributed by atoms with Gasteiger partial charge in [-0.15, -0.1) is 0 Å². The molecule has 0 aliphatic carbocycles. The zero-order valence-electron chi connectivity index (χ0n) is 29.0. The summed E-state index contributed by atoms with van der Waals surface area (Å²) in [5, 5.41) is 2.79. The van der Waals surface area contributed by atoms with Crippen molar-refractivity contribution in [1.82, 2.24) is 14.9 Å². The van der Waals surface area contributed by atoms with Crippen molar-refractivity contribution in [2.45, 2.75) is 46.8 Å². The number of aryl methyl sites for hydroxylation is 1. The van der Waals surface area contributed by atoms with E-state index in [1.54, 1.807) is 0 Å². The summed E-state index contributed by atoms with van der Waals surface area (Å²) in [5.41, 5.74) is 5.13. The number of hydrogen-bond donors (Lipinski definition) is 1. The van der Waals surface area contributed by atoms with Gasteiger partial charge >= 0.3 is 6.09 Å². The number of piperazine rings is 2. The van der Waals surface area contributed by atoms with Gasteiger partial charge in [-0.25, -0.2) is 4.79 Å². The maximum Gasteiger partial charge on any atom is 0.412 e. The Hall–Kier alpha value is -4.16. The highest BCUT2D eigenvalue weighted by atomic mass is 19.1. The number of aromatic nitrogens is 2. The van der Waals surface area contributed by atoms with Crippen molar-refractivity contribution in [1.29, 1.82) is 0 Å². The number of rotatable bonds is 7. The highest BCUT2D eigenvalue weighted by Crippen LogP contribution is 2.31. The van der Waals surface area contributed by atoms with E-state index in [0.29, 0.717) is 62.7 Å². The van der Waals surface area contributed by atoms with Crippen LogP contribution in [0.5, 0.6) is 0 Å². The number of carbonyl (C=O) groups is 1. The van der Waals surface area contributed by atoms with Gasteiger partial charge in [0.1, 0.15) is 5.60 Å². The number of ether oxygens (including phenoxy) is 2. The minimum absolute atomic E-state index is 0.343. The predicted octanol–water partition coefficient (Wildman–Crippen LogP) is 5.06. The first-order chi connectivity index (χ1) is 23.0. The van der Waals surface area contributed by atoms with E-state index in [1.165, 1.54) is 16.8 Å². The largest absolute Gasteiger partial charge is 0.444 e. The van der Waals surface area contributed by atoms with Crippen LogP contribution in [0.25, 0.3) is 0 Å². The number of halogens is 1. The molecule has 2 aromatic carbocycles. The topological polar surface area (TPSA) is 89.5 Å². The van der Waals surface area contributed by atoms with Gasteiger partial charge in [0.15, 0.2) is 11.6 Å². The summed E-state index contributed by atoms with van der Waals surface area (Å²) >= 11 is 0. The number of anilines is 5. The molecule has 0 bridgehead atoms. The van der Waals surface area contributed by atoms with E-state index in [0.717, 1.165) is 51.4 Å². The second-order valence-electron chi connectivity index (χ2n) is 13.9. The Balaban J connectivity index is 1.11. The van der Waals surface area contributed by atoms with E-state index in [1.807, 2.05) is 49.9 Å². The molecule has 3 aliphatic heterocycles. The van der Waals surface area contributed by atoms with Crippen molar-refractivity contribution >= 4 is 35.1 Å². The van der Waals surface area contributed by atoms with Gasteiger partial charge in [-0.2, -0.15) is 14.4 Å². The molecule has 1 aromatic heterocycles. The van der Waals surface area contributed by atoms with Crippen LogP contribution in [0.15, 0.2) is 42.5 Å². The van der Waals surface area contributed by atoms with Crippen LogP contribution >= 0.6 is 0 Å². The molecule has 1 N–H and O–H groups in total. The zero-order valence-corrected chi connectivity index (χ0v) is 29.0. The van der Waals surface area contributed by atoms with E-state index in [9.17, 15) is 4.79 Å². The van der Waals surface area contributed by atoms with Crippen LogP contribution in [-0.2, 0) is 16.0 Å². The van der Waals surface area contributed by atoms with Gasteiger partial charge in [0.2, 0.25) is 11.8 Å². The monoisotopic (exact) mass is 660 g/mol. The molecule has 3 saturated heterocycles. The molecule has 11 nitrogen and oxygen atoms in total. The van der Waals surface area contributed by atoms with E-state index < -0.39 is 11.7 Å². The molecule has 0 spiro atoms. The Morgan fingerprint density at radius 2 is 1.40 bits per heavy atom. The van der Waals surface area contributed by atoms with Crippen molar-refractivity contribution in [3.05, 3.63) is 65.0 Å². The Bertz CT molecular complexity index is 1560. The number of nitrogens with one attached hydrogen (secondary N) is 1. The summed E-state index contributed by atoms with van der Waals surface area (Å²) in [7, 11) is 0. The minimum Gasteiger partial charge on any atom is -0.444 e. The van der Waals surface area contributed by atoms with Gasteiger partial charge in [-0.3, -0.25) is 10.2 Å². The van der Waals surface area contributed by atoms with E-state index in [2.05, 4.69) is 57.0 Å². The Morgan fingerprint density at radius 3 is 2.02 bits per heavy atom. The Morgan fingerprint density at radius 1 is 0.812 bits per heavy atom. The SMILES string of the molecule is Cc1cccc(N2CCN(c3nc(N4CCN(Cc5ccc(NC(=O)OC(C)(C)C)cc5)CC4)nc(N4CCOCC4)c3F)CC2)c1C. The van der Waals surface area contributed by atoms with E-state index in [-0.39, 0.29) is 5.82 Å². The molecule has 3 aliphatic rings. The van der Waals surface area contributed by atoms with Gasteiger partial charge in [0.25, 0.3) is 0 Å². The van der Waals surface area contributed by atoms with Crippen molar-refractivity contribution in [3.8, 4) is 0 Å². The van der Waals surface area contributed by atoms with Crippen LogP contribution in [0, 0.1) is 19.7 Å². The summed E-state index contributed by atoms with van der Waals surface area (Å²) in [4.78, 5) is 32.9. The third-order valence-electron chi connectivity index (χ3n) is 9.27. The average molecular weight is 661 g/mol. The predicted molar refractivity (Wildman–Crippen MR) is 189 cm³/mol. The molecular formula is C36H49FN8O3. The molecule has 4 heterocycles. The lowest BCUT2D eigenvalue weighted by molar-refractivity contribution is 0.0636. The van der Waals surface area contributed by atoms with Crippen LogP contribution in [0.1, 0.15) is 37.5 Å².